The van der Waals surface area contributed by atoms with Gasteiger partial charge in [0.15, 0.2) is 0 Å². The normalized spacial score (nSPS) is 14.6. The summed E-state index contributed by atoms with van der Waals surface area (Å²) in [5.74, 6) is 1.61. The van der Waals surface area contributed by atoms with E-state index in [1.807, 2.05) is 42.2 Å². The standard InChI is InChI=1S/C17H20BrN5O/c1-12-11-16(23-9-7-22(8-10-23)13(2)24)21-17(19-12)20-15-5-3-14(18)4-6-15/h3-6,11H,7-10H2,1-2H3,(H,19,20,21). The molecule has 1 aliphatic heterocycles. The number of rotatable bonds is 3. The van der Waals surface area contributed by atoms with Gasteiger partial charge in [0.2, 0.25) is 11.9 Å². The molecule has 2 heterocycles. The van der Waals surface area contributed by atoms with Crippen LogP contribution in [0.4, 0.5) is 17.5 Å². The highest BCUT2D eigenvalue weighted by Gasteiger charge is 2.20. The molecule has 0 atom stereocenters. The second-order valence-electron chi connectivity index (χ2n) is 5.82. The van der Waals surface area contributed by atoms with Crippen LogP contribution in [0, 0.1) is 6.92 Å². The highest BCUT2D eigenvalue weighted by atomic mass is 79.9. The number of halogens is 1. The summed E-state index contributed by atoms with van der Waals surface area (Å²) in [6.07, 6.45) is 0. The van der Waals surface area contributed by atoms with E-state index >= 15 is 0 Å². The largest absolute Gasteiger partial charge is 0.353 e. The smallest absolute Gasteiger partial charge is 0.229 e. The maximum Gasteiger partial charge on any atom is 0.229 e. The van der Waals surface area contributed by atoms with Crippen molar-refractivity contribution < 1.29 is 4.79 Å². The predicted octanol–water partition coefficient (Wildman–Crippen LogP) is 2.96. The molecule has 1 fully saturated rings. The topological polar surface area (TPSA) is 61.4 Å². The van der Waals surface area contributed by atoms with Crippen LogP contribution < -0.4 is 10.2 Å². The number of aryl methyl sites for hydroxylation is 1. The summed E-state index contributed by atoms with van der Waals surface area (Å²) in [4.78, 5) is 24.6. The van der Waals surface area contributed by atoms with E-state index in [9.17, 15) is 4.79 Å². The molecule has 1 saturated heterocycles. The van der Waals surface area contributed by atoms with Gasteiger partial charge in [-0.05, 0) is 31.2 Å². The molecule has 1 aromatic heterocycles. The Balaban J connectivity index is 1.74. The molecule has 1 N–H and O–H groups in total. The van der Waals surface area contributed by atoms with Crippen LogP contribution in [0.5, 0.6) is 0 Å². The van der Waals surface area contributed by atoms with Crippen molar-refractivity contribution in [1.29, 1.82) is 0 Å². The highest BCUT2D eigenvalue weighted by molar-refractivity contribution is 9.10. The Labute approximate surface area is 150 Å². The SMILES string of the molecule is CC(=O)N1CCN(c2cc(C)nc(Nc3ccc(Br)cc3)n2)CC1. The lowest BCUT2D eigenvalue weighted by molar-refractivity contribution is -0.129. The molecule has 0 spiro atoms. The molecule has 0 aliphatic carbocycles. The molecular weight excluding hydrogens is 370 g/mol. The van der Waals surface area contributed by atoms with E-state index in [-0.39, 0.29) is 5.91 Å². The van der Waals surface area contributed by atoms with Crippen LogP contribution >= 0.6 is 15.9 Å². The minimum absolute atomic E-state index is 0.131. The van der Waals surface area contributed by atoms with E-state index in [2.05, 4.69) is 36.1 Å². The number of anilines is 3. The van der Waals surface area contributed by atoms with Crippen LogP contribution in [0.1, 0.15) is 12.6 Å². The molecule has 7 heteroatoms. The second-order valence-corrected chi connectivity index (χ2v) is 6.73. The summed E-state index contributed by atoms with van der Waals surface area (Å²) in [5.41, 5.74) is 1.85. The van der Waals surface area contributed by atoms with E-state index in [1.165, 1.54) is 0 Å². The zero-order chi connectivity index (χ0) is 17.1. The van der Waals surface area contributed by atoms with Gasteiger partial charge in [0, 0.05) is 55.0 Å². The second kappa shape index (κ2) is 7.17. The number of amides is 1. The summed E-state index contributed by atoms with van der Waals surface area (Å²) in [7, 11) is 0. The van der Waals surface area contributed by atoms with Gasteiger partial charge in [-0.25, -0.2) is 4.98 Å². The van der Waals surface area contributed by atoms with Crippen molar-refractivity contribution in [2.45, 2.75) is 13.8 Å². The first-order chi connectivity index (χ1) is 11.5. The Bertz CT molecular complexity index is 726. The van der Waals surface area contributed by atoms with E-state index in [1.54, 1.807) is 6.92 Å². The van der Waals surface area contributed by atoms with Gasteiger partial charge in [0.05, 0.1) is 0 Å². The van der Waals surface area contributed by atoms with E-state index in [0.29, 0.717) is 5.95 Å². The molecule has 0 bridgehead atoms. The minimum Gasteiger partial charge on any atom is -0.353 e. The van der Waals surface area contributed by atoms with Crippen LogP contribution in [-0.4, -0.2) is 47.0 Å². The molecule has 0 saturated carbocycles. The third-order valence-electron chi connectivity index (χ3n) is 3.99. The monoisotopic (exact) mass is 389 g/mol. The number of hydrogen-bond donors (Lipinski definition) is 1. The number of carbonyl (C=O) groups is 1. The van der Waals surface area contributed by atoms with Gasteiger partial charge in [0.1, 0.15) is 5.82 Å². The third kappa shape index (κ3) is 4.03. The number of aromatic nitrogens is 2. The zero-order valence-electron chi connectivity index (χ0n) is 13.8. The van der Waals surface area contributed by atoms with E-state index < -0.39 is 0 Å². The van der Waals surface area contributed by atoms with Crippen molar-refractivity contribution >= 4 is 39.3 Å². The number of benzene rings is 1. The molecule has 0 unspecified atom stereocenters. The van der Waals surface area contributed by atoms with Gasteiger partial charge >= 0.3 is 0 Å². The van der Waals surface area contributed by atoms with Gasteiger partial charge in [0.25, 0.3) is 0 Å². The van der Waals surface area contributed by atoms with Crippen molar-refractivity contribution in [3.8, 4) is 0 Å². The molecular formula is C17H20BrN5O. The zero-order valence-corrected chi connectivity index (χ0v) is 15.4. The highest BCUT2D eigenvalue weighted by Crippen LogP contribution is 2.21. The molecule has 0 radical (unpaired) electrons. The Kier molecular flexibility index (Phi) is 4.99. The van der Waals surface area contributed by atoms with Gasteiger partial charge in [-0.2, -0.15) is 4.98 Å². The van der Waals surface area contributed by atoms with Crippen LogP contribution in [0.3, 0.4) is 0 Å². The first-order valence-electron chi connectivity index (χ1n) is 7.90. The predicted molar refractivity (Wildman–Crippen MR) is 98.7 cm³/mol. The van der Waals surface area contributed by atoms with Gasteiger partial charge in [-0.15, -0.1) is 0 Å². The van der Waals surface area contributed by atoms with Crippen molar-refractivity contribution in [1.82, 2.24) is 14.9 Å². The molecule has 1 aliphatic rings. The lowest BCUT2D eigenvalue weighted by Crippen LogP contribution is -2.48. The summed E-state index contributed by atoms with van der Waals surface area (Å²) < 4.78 is 1.03. The first-order valence-corrected chi connectivity index (χ1v) is 8.69. The molecule has 6 nitrogen and oxygen atoms in total. The van der Waals surface area contributed by atoms with Crippen molar-refractivity contribution in [2.24, 2.45) is 0 Å². The van der Waals surface area contributed by atoms with E-state index in [4.69, 9.17) is 0 Å². The molecule has 24 heavy (non-hydrogen) atoms. The number of hydrogen-bond acceptors (Lipinski definition) is 5. The van der Waals surface area contributed by atoms with Crippen molar-refractivity contribution in [3.05, 3.63) is 40.5 Å². The lowest BCUT2D eigenvalue weighted by atomic mass is 10.3. The molecule has 2 aromatic rings. The number of piperazine rings is 1. The van der Waals surface area contributed by atoms with Crippen LogP contribution in [0.2, 0.25) is 0 Å². The average molecular weight is 390 g/mol. The summed E-state index contributed by atoms with van der Waals surface area (Å²) >= 11 is 3.43. The molecule has 1 amide bonds. The van der Waals surface area contributed by atoms with Gasteiger partial charge < -0.3 is 15.1 Å². The number of nitrogens with one attached hydrogen (secondary N) is 1. The summed E-state index contributed by atoms with van der Waals surface area (Å²) in [5, 5.41) is 3.24. The quantitative estimate of drug-likeness (QED) is 0.873. The minimum atomic E-state index is 0.131. The van der Waals surface area contributed by atoms with Crippen LogP contribution in [-0.2, 0) is 4.79 Å². The van der Waals surface area contributed by atoms with Crippen molar-refractivity contribution in [2.75, 3.05) is 36.4 Å². The average Bonchev–Trinajstić information content (AvgIpc) is 2.56. The summed E-state index contributed by atoms with van der Waals surface area (Å²) in [6.45, 7) is 6.61. The van der Waals surface area contributed by atoms with Crippen LogP contribution in [0.25, 0.3) is 0 Å². The maximum absolute atomic E-state index is 11.4. The van der Waals surface area contributed by atoms with Crippen molar-refractivity contribution in [3.63, 3.8) is 0 Å². The Morgan fingerprint density at radius 1 is 1.12 bits per heavy atom. The number of carbonyl (C=O) groups excluding carboxylic acids is 1. The van der Waals surface area contributed by atoms with E-state index in [0.717, 1.165) is 47.9 Å². The van der Waals surface area contributed by atoms with Gasteiger partial charge in [-0.1, -0.05) is 15.9 Å². The van der Waals surface area contributed by atoms with Gasteiger partial charge in [-0.3, -0.25) is 4.79 Å². The Morgan fingerprint density at radius 2 is 1.79 bits per heavy atom. The molecule has 126 valence electrons. The molecule has 3 rings (SSSR count). The third-order valence-corrected chi connectivity index (χ3v) is 4.52. The van der Waals surface area contributed by atoms with Crippen LogP contribution in [0.15, 0.2) is 34.8 Å². The Hall–Kier alpha value is -2.15. The lowest BCUT2D eigenvalue weighted by Gasteiger charge is -2.35. The molecule has 1 aromatic carbocycles. The fourth-order valence-corrected chi connectivity index (χ4v) is 2.95. The first kappa shape index (κ1) is 16.7. The maximum atomic E-state index is 11.4. The fourth-order valence-electron chi connectivity index (χ4n) is 2.68. The fraction of sp³-hybridized carbons (Fsp3) is 0.353. The summed E-state index contributed by atoms with van der Waals surface area (Å²) in [6, 6.07) is 9.87. The Morgan fingerprint density at radius 3 is 2.42 bits per heavy atom. The number of nitrogens with zero attached hydrogens (tertiary/aromatic N) is 4.